The summed E-state index contributed by atoms with van der Waals surface area (Å²) in [6.45, 7) is 1.53. The van der Waals surface area contributed by atoms with Crippen molar-refractivity contribution in [2.24, 2.45) is 5.92 Å². The molecule has 2 aromatic rings. The molecule has 2 aliphatic heterocycles. The Hall–Kier alpha value is -3.65. The molecule has 4 rings (SSSR count). The van der Waals surface area contributed by atoms with Crippen LogP contribution in [0.15, 0.2) is 54.2 Å². The van der Waals surface area contributed by atoms with E-state index in [4.69, 9.17) is 4.74 Å². The largest absolute Gasteiger partial charge is 0.497 e. The third kappa shape index (κ3) is 3.55. The van der Waals surface area contributed by atoms with Gasteiger partial charge in [0.2, 0.25) is 5.91 Å². The number of nitrogens with zero attached hydrogens (tertiary/aromatic N) is 1. The molecule has 3 N–H and O–H groups in total. The van der Waals surface area contributed by atoms with Crippen LogP contribution in [-0.2, 0) is 9.59 Å². The minimum absolute atomic E-state index is 0.0837. The Morgan fingerprint density at radius 1 is 1.19 bits per heavy atom. The molecule has 3 unspecified atom stereocenters. The second-order valence-corrected chi connectivity index (χ2v) is 7.64. The zero-order valence-corrected chi connectivity index (χ0v) is 17.0. The summed E-state index contributed by atoms with van der Waals surface area (Å²) in [5.74, 6) is -1.88. The number of fused-ring (bicyclic) bond motifs is 1. The van der Waals surface area contributed by atoms with Crippen LogP contribution in [0.3, 0.4) is 0 Å². The van der Waals surface area contributed by atoms with E-state index in [0.717, 1.165) is 0 Å². The summed E-state index contributed by atoms with van der Waals surface area (Å²) < 4.78 is 5.10. The lowest BCUT2D eigenvalue weighted by molar-refractivity contribution is -0.161. The molecular weight excluding hydrogens is 400 g/mol. The summed E-state index contributed by atoms with van der Waals surface area (Å²) in [7, 11) is 1.56. The predicted molar refractivity (Wildman–Crippen MR) is 112 cm³/mol. The Morgan fingerprint density at radius 2 is 1.90 bits per heavy atom. The standard InChI is InChI=1S/C23H22N2O6/c1-12(26)19-18-11-17(20(23(29)30)25(18)22(19)28)13-4-3-5-14(10-13)21(27)24-15-6-8-16(31-2)9-7-15/h3-10,12,18-19,26H,11H2,1-2H3,(H,24,27)(H,29,30). The molecule has 3 atom stereocenters. The van der Waals surface area contributed by atoms with E-state index >= 15 is 0 Å². The Balaban J connectivity index is 1.61. The number of aliphatic hydroxyl groups excluding tert-OH is 1. The number of carboxylic acid groups (broad SMARTS) is 1. The molecule has 0 aliphatic carbocycles. The summed E-state index contributed by atoms with van der Waals surface area (Å²) >= 11 is 0. The minimum atomic E-state index is -1.21. The number of carboxylic acids is 1. The van der Waals surface area contributed by atoms with Gasteiger partial charge in [0.25, 0.3) is 5.91 Å². The van der Waals surface area contributed by atoms with Gasteiger partial charge in [-0.1, -0.05) is 12.1 Å². The number of nitrogens with one attached hydrogen (secondary N) is 1. The normalized spacial score (nSPS) is 20.7. The number of carbonyl (C=O) groups excluding carboxylic acids is 2. The number of β-lactam (4-membered cyclic amide) rings is 1. The summed E-state index contributed by atoms with van der Waals surface area (Å²) in [5.41, 5.74) is 1.91. The average molecular weight is 422 g/mol. The molecule has 1 saturated heterocycles. The first-order chi connectivity index (χ1) is 14.8. The molecule has 2 heterocycles. The van der Waals surface area contributed by atoms with Crippen molar-refractivity contribution in [3.05, 3.63) is 65.4 Å². The van der Waals surface area contributed by atoms with E-state index in [9.17, 15) is 24.6 Å². The Bertz CT molecular complexity index is 1090. The van der Waals surface area contributed by atoms with Gasteiger partial charge in [-0.15, -0.1) is 0 Å². The molecule has 31 heavy (non-hydrogen) atoms. The molecule has 0 saturated carbocycles. The molecule has 1 fully saturated rings. The SMILES string of the molecule is COc1ccc(NC(=O)c2cccc(C3=C(C(=O)O)N4C(=O)C(C(C)O)C4C3)c2)cc1. The van der Waals surface area contributed by atoms with Gasteiger partial charge in [-0.2, -0.15) is 0 Å². The van der Waals surface area contributed by atoms with Crippen LogP contribution in [0.25, 0.3) is 5.57 Å². The summed E-state index contributed by atoms with van der Waals surface area (Å²) in [6.07, 6.45) is -0.545. The first-order valence-corrected chi connectivity index (χ1v) is 9.85. The highest BCUT2D eigenvalue weighted by Crippen LogP contribution is 2.47. The van der Waals surface area contributed by atoms with E-state index in [2.05, 4.69) is 5.32 Å². The van der Waals surface area contributed by atoms with Crippen LogP contribution in [-0.4, -0.2) is 52.2 Å². The Morgan fingerprint density at radius 3 is 2.52 bits per heavy atom. The fraction of sp³-hybridized carbons (Fsp3) is 0.261. The van der Waals surface area contributed by atoms with Crippen LogP contribution in [0.2, 0.25) is 0 Å². The minimum Gasteiger partial charge on any atom is -0.497 e. The Labute approximate surface area is 178 Å². The van der Waals surface area contributed by atoms with Gasteiger partial charge < -0.3 is 25.2 Å². The second kappa shape index (κ2) is 7.88. The topological polar surface area (TPSA) is 116 Å². The zero-order valence-electron chi connectivity index (χ0n) is 17.0. The lowest BCUT2D eigenvalue weighted by atomic mass is 9.82. The average Bonchev–Trinajstić information content (AvgIpc) is 3.09. The van der Waals surface area contributed by atoms with Crippen LogP contribution in [0, 0.1) is 5.92 Å². The van der Waals surface area contributed by atoms with Crippen molar-refractivity contribution >= 4 is 29.0 Å². The van der Waals surface area contributed by atoms with Gasteiger partial charge in [-0.25, -0.2) is 4.79 Å². The van der Waals surface area contributed by atoms with Crippen molar-refractivity contribution < 1.29 is 29.3 Å². The molecule has 0 aromatic heterocycles. The Kier molecular flexibility index (Phi) is 5.24. The van der Waals surface area contributed by atoms with Gasteiger partial charge in [0.15, 0.2) is 0 Å². The van der Waals surface area contributed by atoms with Gasteiger partial charge in [0, 0.05) is 11.3 Å². The monoisotopic (exact) mass is 422 g/mol. The molecule has 2 amide bonds. The first kappa shape index (κ1) is 20.6. The molecule has 0 radical (unpaired) electrons. The summed E-state index contributed by atoms with van der Waals surface area (Å²) in [4.78, 5) is 38.3. The number of ether oxygens (including phenoxy) is 1. The third-order valence-corrected chi connectivity index (χ3v) is 5.75. The van der Waals surface area contributed by atoms with Crippen LogP contribution >= 0.6 is 0 Å². The van der Waals surface area contributed by atoms with Crippen LogP contribution in [0.1, 0.15) is 29.3 Å². The van der Waals surface area contributed by atoms with Crippen molar-refractivity contribution in [3.8, 4) is 5.75 Å². The van der Waals surface area contributed by atoms with Gasteiger partial charge in [-0.05, 0) is 60.9 Å². The quantitative estimate of drug-likeness (QED) is 0.616. The third-order valence-electron chi connectivity index (χ3n) is 5.75. The molecule has 160 valence electrons. The highest BCUT2D eigenvalue weighted by atomic mass is 16.5. The number of hydrogen-bond donors (Lipinski definition) is 3. The number of hydrogen-bond acceptors (Lipinski definition) is 5. The number of anilines is 1. The first-order valence-electron chi connectivity index (χ1n) is 9.85. The molecule has 8 heteroatoms. The summed E-state index contributed by atoms with van der Waals surface area (Å²) in [6, 6.07) is 13.2. The number of carbonyl (C=O) groups is 3. The van der Waals surface area contributed by atoms with E-state index in [0.29, 0.717) is 34.6 Å². The van der Waals surface area contributed by atoms with Crippen molar-refractivity contribution in [3.63, 3.8) is 0 Å². The maximum atomic E-state index is 12.7. The fourth-order valence-corrected chi connectivity index (χ4v) is 4.25. The number of benzene rings is 2. The zero-order chi connectivity index (χ0) is 22.3. The van der Waals surface area contributed by atoms with Crippen molar-refractivity contribution in [1.29, 1.82) is 0 Å². The number of amides is 2. The molecule has 8 nitrogen and oxygen atoms in total. The van der Waals surface area contributed by atoms with Crippen molar-refractivity contribution in [2.75, 3.05) is 12.4 Å². The molecule has 2 aliphatic rings. The summed E-state index contributed by atoms with van der Waals surface area (Å²) in [5, 5.41) is 22.4. The van der Waals surface area contributed by atoms with Crippen LogP contribution < -0.4 is 10.1 Å². The maximum absolute atomic E-state index is 12.7. The molecule has 0 spiro atoms. The van der Waals surface area contributed by atoms with E-state index < -0.39 is 18.0 Å². The number of methoxy groups -OCH3 is 1. The van der Waals surface area contributed by atoms with E-state index in [-0.39, 0.29) is 23.6 Å². The lowest BCUT2D eigenvalue weighted by Crippen LogP contribution is -2.61. The predicted octanol–water partition coefficient (Wildman–Crippen LogP) is 2.35. The van der Waals surface area contributed by atoms with Gasteiger partial charge >= 0.3 is 5.97 Å². The smallest absolute Gasteiger partial charge is 0.352 e. The maximum Gasteiger partial charge on any atom is 0.352 e. The highest BCUT2D eigenvalue weighted by Gasteiger charge is 2.56. The van der Waals surface area contributed by atoms with Crippen LogP contribution in [0.4, 0.5) is 5.69 Å². The second-order valence-electron chi connectivity index (χ2n) is 7.64. The van der Waals surface area contributed by atoms with E-state index in [1.165, 1.54) is 11.8 Å². The van der Waals surface area contributed by atoms with Gasteiger partial charge in [0.05, 0.1) is 25.2 Å². The van der Waals surface area contributed by atoms with Gasteiger partial charge in [0.1, 0.15) is 11.4 Å². The van der Waals surface area contributed by atoms with E-state index in [1.807, 2.05) is 0 Å². The highest BCUT2D eigenvalue weighted by molar-refractivity contribution is 6.08. The molecule has 2 aromatic carbocycles. The van der Waals surface area contributed by atoms with Crippen LogP contribution in [0.5, 0.6) is 5.75 Å². The van der Waals surface area contributed by atoms with Gasteiger partial charge in [-0.3, -0.25) is 9.59 Å². The van der Waals surface area contributed by atoms with Crippen molar-refractivity contribution in [2.45, 2.75) is 25.5 Å². The fourth-order valence-electron chi connectivity index (χ4n) is 4.25. The van der Waals surface area contributed by atoms with E-state index in [1.54, 1.807) is 55.6 Å². The number of aliphatic hydroxyl groups is 1. The molecular formula is C23H22N2O6. The number of aliphatic carboxylic acids is 1. The lowest BCUT2D eigenvalue weighted by Gasteiger charge is -2.44. The van der Waals surface area contributed by atoms with Crippen molar-refractivity contribution in [1.82, 2.24) is 4.90 Å². The number of rotatable bonds is 6. The molecule has 0 bridgehead atoms.